The highest BCUT2D eigenvalue weighted by molar-refractivity contribution is 5.59. The lowest BCUT2D eigenvalue weighted by atomic mass is 10.2. The predicted molar refractivity (Wildman–Crippen MR) is 68.2 cm³/mol. The number of methoxy groups -OCH3 is 1. The topological polar surface area (TPSA) is 68.8 Å². The summed E-state index contributed by atoms with van der Waals surface area (Å²) < 4.78 is 8.91. The smallest absolute Gasteiger partial charge is 0.421 e. The van der Waals surface area contributed by atoms with Crippen LogP contribution in [0.15, 0.2) is 40.8 Å². The van der Waals surface area contributed by atoms with Crippen LogP contribution in [0.25, 0.3) is 0 Å². The first-order valence-electron chi connectivity index (χ1n) is 5.48. The van der Waals surface area contributed by atoms with Gasteiger partial charge in [0, 0.05) is 11.2 Å². The van der Waals surface area contributed by atoms with E-state index in [0.717, 1.165) is 5.95 Å². The van der Waals surface area contributed by atoms with Crippen molar-refractivity contribution in [2.24, 2.45) is 24.3 Å². The molecule has 6 heteroatoms. The van der Waals surface area contributed by atoms with Gasteiger partial charge >= 0.3 is 5.95 Å². The van der Waals surface area contributed by atoms with E-state index in [1.165, 1.54) is 0 Å². The van der Waals surface area contributed by atoms with E-state index in [-0.39, 0.29) is 0 Å². The summed E-state index contributed by atoms with van der Waals surface area (Å²) in [5.41, 5.74) is 7.01. The molecule has 2 N–H and O–H groups in total. The number of nitrogens with two attached hydrogens (primary N) is 1. The van der Waals surface area contributed by atoms with Crippen molar-refractivity contribution in [3.63, 3.8) is 0 Å². The Hall–Kier alpha value is -2.37. The molecule has 2 rings (SSSR count). The molecule has 0 radical (unpaired) electrons. The fraction of sp³-hybridized carbons (Fsp3) is 0.250. The van der Waals surface area contributed by atoms with E-state index in [0.29, 0.717) is 17.1 Å². The van der Waals surface area contributed by atoms with Gasteiger partial charge in [-0.3, -0.25) is 0 Å². The molecule has 0 aliphatic rings. The normalized spacial score (nSPS) is 11.1. The molecule has 0 unspecified atom stereocenters. The van der Waals surface area contributed by atoms with Gasteiger partial charge in [-0.05, 0) is 12.1 Å². The number of benzene rings is 1. The van der Waals surface area contributed by atoms with Gasteiger partial charge in [0.2, 0.25) is 0 Å². The van der Waals surface area contributed by atoms with Crippen molar-refractivity contribution in [1.29, 1.82) is 0 Å². The largest absolute Gasteiger partial charge is 0.495 e. The molecule has 0 fully saturated rings. The Morgan fingerprint density at radius 1 is 1.33 bits per heavy atom. The molecule has 0 saturated heterocycles. The fourth-order valence-corrected chi connectivity index (χ4v) is 1.59. The maximum atomic E-state index is 5.73. The number of hydrogen-bond donors (Lipinski definition) is 1. The number of azo groups is 1. The molecule has 0 atom stereocenters. The molecule has 0 saturated carbocycles. The van der Waals surface area contributed by atoms with Gasteiger partial charge in [-0.25, -0.2) is 9.13 Å². The van der Waals surface area contributed by atoms with Crippen LogP contribution in [0.2, 0.25) is 0 Å². The Labute approximate surface area is 105 Å². The maximum Gasteiger partial charge on any atom is 0.421 e. The Morgan fingerprint density at radius 2 is 2.11 bits per heavy atom. The van der Waals surface area contributed by atoms with Crippen molar-refractivity contribution in [2.45, 2.75) is 0 Å². The minimum Gasteiger partial charge on any atom is -0.495 e. The zero-order valence-electron chi connectivity index (χ0n) is 10.7. The van der Waals surface area contributed by atoms with E-state index in [4.69, 9.17) is 10.5 Å². The van der Waals surface area contributed by atoms with Gasteiger partial charge in [-0.1, -0.05) is 5.11 Å². The second kappa shape index (κ2) is 4.87. The summed E-state index contributed by atoms with van der Waals surface area (Å²) in [5, 5.41) is 8.36. The summed E-state index contributed by atoms with van der Waals surface area (Å²) in [6, 6.07) is 5.30. The Kier molecular flexibility index (Phi) is 3.27. The third kappa shape index (κ3) is 2.32. The van der Waals surface area contributed by atoms with E-state index < -0.39 is 0 Å². The van der Waals surface area contributed by atoms with Crippen molar-refractivity contribution in [3.8, 4) is 5.75 Å². The number of rotatable bonds is 3. The van der Waals surface area contributed by atoms with E-state index in [9.17, 15) is 0 Å². The first-order chi connectivity index (χ1) is 8.61. The predicted octanol–water partition coefficient (Wildman–Crippen LogP) is 1.86. The Bertz CT molecular complexity index is 569. The lowest BCUT2D eigenvalue weighted by Gasteiger charge is -2.02. The summed E-state index contributed by atoms with van der Waals surface area (Å²) in [6.07, 6.45) is 3.83. The monoisotopic (exact) mass is 246 g/mol. The highest BCUT2D eigenvalue weighted by Crippen LogP contribution is 2.27. The highest BCUT2D eigenvalue weighted by atomic mass is 16.5. The van der Waals surface area contributed by atoms with Crippen LogP contribution < -0.4 is 15.0 Å². The molecule has 0 aliphatic carbocycles. The molecular formula is C12H16N5O+. The first-order valence-corrected chi connectivity index (χ1v) is 5.48. The quantitative estimate of drug-likeness (QED) is 0.510. The van der Waals surface area contributed by atoms with E-state index in [2.05, 4.69) is 10.2 Å². The van der Waals surface area contributed by atoms with E-state index in [1.54, 1.807) is 25.3 Å². The highest BCUT2D eigenvalue weighted by Gasteiger charge is 2.10. The summed E-state index contributed by atoms with van der Waals surface area (Å²) in [4.78, 5) is 0. The number of imidazole rings is 1. The van der Waals surface area contributed by atoms with E-state index >= 15 is 0 Å². The number of nitrogens with zero attached hydrogens (tertiary/aromatic N) is 4. The average Bonchev–Trinajstić information content (AvgIpc) is 2.68. The molecule has 1 heterocycles. The number of aromatic nitrogens is 2. The minimum absolute atomic E-state index is 0.584. The molecule has 18 heavy (non-hydrogen) atoms. The van der Waals surface area contributed by atoms with Crippen LogP contribution >= 0.6 is 0 Å². The summed E-state index contributed by atoms with van der Waals surface area (Å²) >= 11 is 0. The van der Waals surface area contributed by atoms with Crippen molar-refractivity contribution in [3.05, 3.63) is 30.6 Å². The van der Waals surface area contributed by atoms with Crippen molar-refractivity contribution < 1.29 is 9.30 Å². The lowest BCUT2D eigenvalue weighted by Crippen LogP contribution is -2.25. The van der Waals surface area contributed by atoms with Crippen LogP contribution in [-0.4, -0.2) is 11.7 Å². The van der Waals surface area contributed by atoms with E-state index in [1.807, 2.05) is 35.6 Å². The molecule has 94 valence electrons. The first kappa shape index (κ1) is 12.1. The van der Waals surface area contributed by atoms with Gasteiger partial charge < -0.3 is 10.5 Å². The van der Waals surface area contributed by atoms with Gasteiger partial charge in [0.05, 0.1) is 39.3 Å². The summed E-state index contributed by atoms with van der Waals surface area (Å²) in [5.74, 6) is 1.36. The van der Waals surface area contributed by atoms with Crippen LogP contribution in [0.4, 0.5) is 17.3 Å². The van der Waals surface area contributed by atoms with Crippen LogP contribution in [0, 0.1) is 0 Å². The second-order valence-electron chi connectivity index (χ2n) is 3.95. The zero-order chi connectivity index (χ0) is 13.1. The van der Waals surface area contributed by atoms with Crippen molar-refractivity contribution in [2.75, 3.05) is 12.8 Å². The van der Waals surface area contributed by atoms with Gasteiger partial charge in [0.1, 0.15) is 11.4 Å². The number of anilines is 1. The minimum atomic E-state index is 0.584. The fourth-order valence-electron chi connectivity index (χ4n) is 1.59. The molecule has 0 bridgehead atoms. The number of nitrogen functional groups attached to an aromatic ring is 1. The maximum absolute atomic E-state index is 5.73. The second-order valence-corrected chi connectivity index (χ2v) is 3.95. The third-order valence-corrected chi connectivity index (χ3v) is 2.62. The van der Waals surface area contributed by atoms with Crippen LogP contribution in [-0.2, 0) is 14.1 Å². The van der Waals surface area contributed by atoms with Gasteiger partial charge in [0.25, 0.3) is 0 Å². The van der Waals surface area contributed by atoms with Gasteiger partial charge in [0.15, 0.2) is 0 Å². The molecule has 0 amide bonds. The molecule has 1 aromatic heterocycles. The number of hydrogen-bond acceptors (Lipinski definition) is 4. The molecule has 2 aromatic rings. The Morgan fingerprint density at radius 3 is 2.72 bits per heavy atom. The van der Waals surface area contributed by atoms with Crippen molar-refractivity contribution >= 4 is 17.3 Å². The molecule has 1 aromatic carbocycles. The summed E-state index contributed by atoms with van der Waals surface area (Å²) in [7, 11) is 5.40. The number of ether oxygens (including phenoxy) is 1. The standard InChI is InChI=1S/C12H15N5O/c1-16-6-7-17(2)12(16)15-14-9-4-5-10(13)11(8-9)18-3/h4-8,13H,1-3H3/p+1. The van der Waals surface area contributed by atoms with Gasteiger partial charge in [-0.2, -0.15) is 0 Å². The molecule has 0 spiro atoms. The van der Waals surface area contributed by atoms with Crippen LogP contribution in [0.5, 0.6) is 5.75 Å². The average molecular weight is 246 g/mol. The van der Waals surface area contributed by atoms with Gasteiger partial charge in [-0.15, -0.1) is 0 Å². The molecule has 6 nitrogen and oxygen atoms in total. The summed E-state index contributed by atoms with van der Waals surface area (Å²) in [6.45, 7) is 0. The lowest BCUT2D eigenvalue weighted by molar-refractivity contribution is -0.657. The van der Waals surface area contributed by atoms with Crippen LogP contribution in [0.1, 0.15) is 0 Å². The molecular weight excluding hydrogens is 230 g/mol. The van der Waals surface area contributed by atoms with Crippen molar-refractivity contribution in [1.82, 2.24) is 4.57 Å². The third-order valence-electron chi connectivity index (χ3n) is 2.62. The Balaban J connectivity index is 2.29. The zero-order valence-corrected chi connectivity index (χ0v) is 10.7. The van der Waals surface area contributed by atoms with Crippen LogP contribution in [0.3, 0.4) is 0 Å². The SMILES string of the molecule is COc1cc(N=Nc2n(C)cc[n+]2C)ccc1N. The number of aryl methyl sites for hydroxylation is 2. The molecule has 0 aliphatic heterocycles.